The van der Waals surface area contributed by atoms with Gasteiger partial charge < -0.3 is 10.6 Å². The highest BCUT2D eigenvalue weighted by Crippen LogP contribution is 2.09. The fourth-order valence-electron chi connectivity index (χ4n) is 1.11. The SMILES string of the molecule is N#C/C(=C/NCCCl)C(=O)Nc1ccc(F)cc1. The number of rotatable bonds is 5. The zero-order chi connectivity index (χ0) is 13.4. The van der Waals surface area contributed by atoms with Crippen molar-refractivity contribution < 1.29 is 9.18 Å². The molecule has 4 nitrogen and oxygen atoms in total. The van der Waals surface area contributed by atoms with Crippen molar-refractivity contribution in [2.24, 2.45) is 0 Å². The van der Waals surface area contributed by atoms with Gasteiger partial charge in [0.05, 0.1) is 0 Å². The minimum Gasteiger partial charge on any atom is -0.388 e. The molecule has 94 valence electrons. The number of hydrogen-bond acceptors (Lipinski definition) is 3. The third kappa shape index (κ3) is 4.44. The van der Waals surface area contributed by atoms with Crippen molar-refractivity contribution in [3.8, 4) is 6.07 Å². The molecular formula is C12H11ClFN3O. The van der Waals surface area contributed by atoms with Crippen molar-refractivity contribution in [3.63, 3.8) is 0 Å². The lowest BCUT2D eigenvalue weighted by atomic mass is 10.2. The summed E-state index contributed by atoms with van der Waals surface area (Å²) in [4.78, 5) is 11.7. The Morgan fingerprint density at radius 1 is 1.44 bits per heavy atom. The molecule has 0 saturated heterocycles. The van der Waals surface area contributed by atoms with E-state index in [-0.39, 0.29) is 5.57 Å². The van der Waals surface area contributed by atoms with Crippen LogP contribution in [0.15, 0.2) is 36.0 Å². The third-order valence-corrected chi connectivity index (χ3v) is 2.14. The van der Waals surface area contributed by atoms with Gasteiger partial charge in [-0.05, 0) is 24.3 Å². The molecule has 1 rings (SSSR count). The van der Waals surface area contributed by atoms with Gasteiger partial charge in [0.25, 0.3) is 5.91 Å². The van der Waals surface area contributed by atoms with E-state index in [0.717, 1.165) is 0 Å². The summed E-state index contributed by atoms with van der Waals surface area (Å²) in [5.41, 5.74) is 0.337. The highest BCUT2D eigenvalue weighted by Gasteiger charge is 2.08. The number of halogens is 2. The van der Waals surface area contributed by atoms with E-state index in [2.05, 4.69) is 10.6 Å². The lowest BCUT2D eigenvalue weighted by molar-refractivity contribution is -0.112. The van der Waals surface area contributed by atoms with Crippen LogP contribution in [0.3, 0.4) is 0 Å². The maximum Gasteiger partial charge on any atom is 0.267 e. The average molecular weight is 268 g/mol. The summed E-state index contributed by atoms with van der Waals surface area (Å²) in [7, 11) is 0. The van der Waals surface area contributed by atoms with E-state index in [1.165, 1.54) is 30.5 Å². The Morgan fingerprint density at radius 2 is 2.11 bits per heavy atom. The summed E-state index contributed by atoms with van der Waals surface area (Å²) in [5, 5.41) is 14.0. The summed E-state index contributed by atoms with van der Waals surface area (Å²) < 4.78 is 12.7. The van der Waals surface area contributed by atoms with Crippen molar-refractivity contribution in [1.82, 2.24) is 5.32 Å². The highest BCUT2D eigenvalue weighted by molar-refractivity contribution is 6.18. The van der Waals surface area contributed by atoms with Gasteiger partial charge in [-0.1, -0.05) is 0 Å². The summed E-state index contributed by atoms with van der Waals surface area (Å²) >= 11 is 5.44. The molecular weight excluding hydrogens is 257 g/mol. The molecule has 6 heteroatoms. The molecule has 1 aromatic carbocycles. The van der Waals surface area contributed by atoms with E-state index in [4.69, 9.17) is 16.9 Å². The number of nitrogens with one attached hydrogen (secondary N) is 2. The van der Waals surface area contributed by atoms with E-state index < -0.39 is 11.7 Å². The van der Waals surface area contributed by atoms with Crippen molar-refractivity contribution in [3.05, 3.63) is 41.9 Å². The molecule has 0 saturated carbocycles. The standard InChI is InChI=1S/C12H11ClFN3O/c13-5-6-16-8-9(7-15)12(18)17-11-3-1-10(14)2-4-11/h1-4,8,16H,5-6H2,(H,17,18)/b9-8-. The number of hydrogen-bond donors (Lipinski definition) is 2. The number of nitriles is 1. The minimum atomic E-state index is -0.564. The van der Waals surface area contributed by atoms with E-state index in [9.17, 15) is 9.18 Å². The zero-order valence-electron chi connectivity index (χ0n) is 9.41. The van der Waals surface area contributed by atoms with Gasteiger partial charge in [-0.15, -0.1) is 11.6 Å². The molecule has 1 aromatic rings. The van der Waals surface area contributed by atoms with Crippen molar-refractivity contribution >= 4 is 23.2 Å². The van der Waals surface area contributed by atoms with E-state index in [1.807, 2.05) is 0 Å². The van der Waals surface area contributed by atoms with Crippen LogP contribution in [0, 0.1) is 17.1 Å². The second kappa shape index (κ2) is 7.30. The Kier molecular flexibility index (Phi) is 5.68. The molecule has 0 aliphatic carbocycles. The zero-order valence-corrected chi connectivity index (χ0v) is 10.2. The first-order valence-corrected chi connectivity index (χ1v) is 5.67. The van der Waals surface area contributed by atoms with Crippen LogP contribution in [0.1, 0.15) is 0 Å². The lowest BCUT2D eigenvalue weighted by Gasteiger charge is -2.04. The van der Waals surface area contributed by atoms with E-state index >= 15 is 0 Å². The van der Waals surface area contributed by atoms with Crippen LogP contribution in [0.4, 0.5) is 10.1 Å². The quantitative estimate of drug-likeness (QED) is 0.371. The molecule has 0 heterocycles. The van der Waals surface area contributed by atoms with Gasteiger partial charge in [-0.3, -0.25) is 4.79 Å². The van der Waals surface area contributed by atoms with Crippen LogP contribution in [0.2, 0.25) is 0 Å². The minimum absolute atomic E-state index is 0.0792. The largest absolute Gasteiger partial charge is 0.388 e. The van der Waals surface area contributed by atoms with Gasteiger partial charge in [-0.2, -0.15) is 5.26 Å². The van der Waals surface area contributed by atoms with E-state index in [1.54, 1.807) is 6.07 Å². The summed E-state index contributed by atoms with van der Waals surface area (Å²) in [5.74, 6) is -0.589. The monoisotopic (exact) mass is 267 g/mol. The predicted octanol–water partition coefficient (Wildman–Crippen LogP) is 2.00. The van der Waals surface area contributed by atoms with Crippen LogP contribution in [-0.2, 0) is 4.79 Å². The van der Waals surface area contributed by atoms with Crippen LogP contribution in [-0.4, -0.2) is 18.3 Å². The van der Waals surface area contributed by atoms with Crippen LogP contribution in [0.25, 0.3) is 0 Å². The first-order valence-electron chi connectivity index (χ1n) is 5.14. The molecule has 0 aliphatic heterocycles. The third-order valence-electron chi connectivity index (χ3n) is 1.95. The predicted molar refractivity (Wildman–Crippen MR) is 67.4 cm³/mol. The fourth-order valence-corrected chi connectivity index (χ4v) is 1.22. The average Bonchev–Trinajstić information content (AvgIpc) is 2.37. The number of carbonyl (C=O) groups is 1. The van der Waals surface area contributed by atoms with Gasteiger partial charge in [0.2, 0.25) is 0 Å². The number of amides is 1. The van der Waals surface area contributed by atoms with Crippen LogP contribution < -0.4 is 10.6 Å². The molecule has 0 bridgehead atoms. The number of benzene rings is 1. The maximum atomic E-state index is 12.7. The molecule has 1 amide bonds. The molecule has 0 radical (unpaired) electrons. The van der Waals surface area contributed by atoms with Crippen molar-refractivity contribution in [2.45, 2.75) is 0 Å². The van der Waals surface area contributed by atoms with Crippen LogP contribution >= 0.6 is 11.6 Å². The van der Waals surface area contributed by atoms with Gasteiger partial charge >= 0.3 is 0 Å². The van der Waals surface area contributed by atoms with Crippen molar-refractivity contribution in [1.29, 1.82) is 5.26 Å². The normalized spacial score (nSPS) is 10.6. The molecule has 2 N–H and O–H groups in total. The van der Waals surface area contributed by atoms with Crippen LogP contribution in [0.5, 0.6) is 0 Å². The molecule has 0 unspecified atom stereocenters. The van der Waals surface area contributed by atoms with Crippen molar-refractivity contribution in [2.75, 3.05) is 17.7 Å². The molecule has 0 aromatic heterocycles. The molecule has 0 atom stereocenters. The Bertz CT molecular complexity index is 479. The number of alkyl halides is 1. The number of carbonyl (C=O) groups excluding carboxylic acids is 1. The Balaban J connectivity index is 2.66. The van der Waals surface area contributed by atoms with Gasteiger partial charge in [0, 0.05) is 24.3 Å². The Labute approximate surface area is 109 Å². The van der Waals surface area contributed by atoms with Gasteiger partial charge in [0.15, 0.2) is 0 Å². The molecule has 0 aliphatic rings. The first kappa shape index (κ1) is 14.0. The summed E-state index contributed by atoms with van der Waals surface area (Å²) in [6.45, 7) is 0.455. The smallest absolute Gasteiger partial charge is 0.267 e. The summed E-state index contributed by atoms with van der Waals surface area (Å²) in [6, 6.07) is 7.02. The number of anilines is 1. The second-order valence-corrected chi connectivity index (χ2v) is 3.65. The molecule has 18 heavy (non-hydrogen) atoms. The maximum absolute atomic E-state index is 12.7. The van der Waals surface area contributed by atoms with Gasteiger partial charge in [0.1, 0.15) is 17.5 Å². The van der Waals surface area contributed by atoms with Gasteiger partial charge in [-0.25, -0.2) is 4.39 Å². The topological polar surface area (TPSA) is 64.9 Å². The molecule has 0 fully saturated rings. The fraction of sp³-hybridized carbons (Fsp3) is 0.167. The first-order chi connectivity index (χ1) is 8.67. The number of nitrogens with zero attached hydrogens (tertiary/aromatic N) is 1. The Morgan fingerprint density at radius 3 is 2.67 bits per heavy atom. The lowest BCUT2D eigenvalue weighted by Crippen LogP contribution is -2.17. The highest BCUT2D eigenvalue weighted by atomic mass is 35.5. The second-order valence-electron chi connectivity index (χ2n) is 3.27. The molecule has 0 spiro atoms. The van der Waals surface area contributed by atoms with E-state index in [0.29, 0.717) is 18.1 Å². The summed E-state index contributed by atoms with van der Waals surface area (Å²) in [6.07, 6.45) is 1.29. The Hall–Kier alpha value is -2.06.